The summed E-state index contributed by atoms with van der Waals surface area (Å²) in [4.78, 5) is 45.5. The molecule has 0 spiro atoms. The zero-order valence-corrected chi connectivity index (χ0v) is 15.2. The molecule has 8 heteroatoms. The minimum atomic E-state index is -0.800. The minimum Gasteiger partial charge on any atom is -0.487 e. The predicted octanol–water partition coefficient (Wildman–Crippen LogP) is 2.94. The third-order valence-electron chi connectivity index (χ3n) is 4.12. The van der Waals surface area contributed by atoms with E-state index in [1.54, 1.807) is 0 Å². The topological polar surface area (TPSA) is 116 Å². The number of ether oxygens (including phenoxy) is 1. The zero-order valence-electron chi connectivity index (χ0n) is 15.2. The number of unbranched alkanes of at least 4 members (excludes halogenated alkanes) is 4. The summed E-state index contributed by atoms with van der Waals surface area (Å²) < 4.78 is 5.53. The number of carbonyl (C=O) groups is 3. The molecule has 2 rings (SSSR count). The molecule has 0 atom stereocenters. The Bertz CT molecular complexity index is 762. The predicted molar refractivity (Wildman–Crippen MR) is 98.1 cm³/mol. The molecule has 1 aliphatic rings. The van der Waals surface area contributed by atoms with Crippen molar-refractivity contribution in [1.29, 1.82) is 0 Å². The summed E-state index contributed by atoms with van der Waals surface area (Å²) in [6.07, 6.45) is 6.03. The molecule has 1 aromatic carbocycles. The summed E-state index contributed by atoms with van der Waals surface area (Å²) in [5.74, 6) is -1.92. The van der Waals surface area contributed by atoms with E-state index in [1.165, 1.54) is 24.3 Å². The Labute approximate surface area is 156 Å². The quantitative estimate of drug-likeness (QED) is 0.135. The summed E-state index contributed by atoms with van der Waals surface area (Å²) >= 11 is 0. The van der Waals surface area contributed by atoms with Gasteiger partial charge in [-0.3, -0.25) is 29.8 Å². The third-order valence-corrected chi connectivity index (χ3v) is 4.12. The smallest absolute Gasteiger partial charge is 0.311 e. The fraction of sp³-hybridized carbons (Fsp3) is 0.421. The van der Waals surface area contributed by atoms with Gasteiger partial charge in [-0.15, -0.1) is 0 Å². The van der Waals surface area contributed by atoms with Crippen molar-refractivity contribution in [3.63, 3.8) is 0 Å². The molecule has 0 saturated carbocycles. The van der Waals surface area contributed by atoms with Crippen LogP contribution >= 0.6 is 0 Å². The SMILES string of the molecule is CCCCCCCOc1ccc(/C=C2\C(=O)CC(=O)NC2=O)cc1[N+](=O)[O-]. The van der Waals surface area contributed by atoms with E-state index in [1.807, 2.05) is 0 Å². The van der Waals surface area contributed by atoms with Crippen LogP contribution in [-0.4, -0.2) is 29.1 Å². The van der Waals surface area contributed by atoms with Gasteiger partial charge in [-0.05, 0) is 24.1 Å². The van der Waals surface area contributed by atoms with Crippen LogP contribution in [0.2, 0.25) is 0 Å². The molecule has 0 radical (unpaired) electrons. The summed E-state index contributed by atoms with van der Waals surface area (Å²) in [6.45, 7) is 2.51. The maximum atomic E-state index is 11.8. The van der Waals surface area contributed by atoms with Crippen LogP contribution < -0.4 is 10.1 Å². The summed E-state index contributed by atoms with van der Waals surface area (Å²) in [6, 6.07) is 4.23. The number of benzene rings is 1. The van der Waals surface area contributed by atoms with Gasteiger partial charge in [0.05, 0.1) is 23.5 Å². The van der Waals surface area contributed by atoms with Gasteiger partial charge in [0.15, 0.2) is 11.5 Å². The summed E-state index contributed by atoms with van der Waals surface area (Å²) in [7, 11) is 0. The molecule has 1 aliphatic heterocycles. The molecule has 1 aromatic rings. The number of nitro benzene ring substituents is 1. The van der Waals surface area contributed by atoms with Crippen molar-refractivity contribution < 1.29 is 24.0 Å². The minimum absolute atomic E-state index is 0.146. The first-order valence-electron chi connectivity index (χ1n) is 8.92. The standard InChI is InChI=1S/C19H22N2O6/c1-2-3-4-5-6-9-27-17-8-7-13(11-15(17)21(25)26)10-14-16(22)12-18(23)20-19(14)24/h7-8,10-11H,2-6,9,12H2,1H3,(H,20,23,24)/b14-10+. The molecular weight excluding hydrogens is 352 g/mol. The average Bonchev–Trinajstić information content (AvgIpc) is 2.61. The second-order valence-electron chi connectivity index (χ2n) is 6.28. The number of carbonyl (C=O) groups excluding carboxylic acids is 3. The molecule has 1 fully saturated rings. The van der Waals surface area contributed by atoms with Crippen LogP contribution in [0.4, 0.5) is 5.69 Å². The number of hydrogen-bond acceptors (Lipinski definition) is 6. The normalized spacial score (nSPS) is 15.7. The van der Waals surface area contributed by atoms with Crippen LogP contribution in [0.15, 0.2) is 23.8 Å². The second kappa shape index (κ2) is 9.61. The molecule has 1 heterocycles. The van der Waals surface area contributed by atoms with Gasteiger partial charge in [-0.25, -0.2) is 0 Å². The Kier molecular flexibility index (Phi) is 7.22. The number of rotatable bonds is 9. The van der Waals surface area contributed by atoms with Gasteiger partial charge in [0.2, 0.25) is 5.91 Å². The van der Waals surface area contributed by atoms with Gasteiger partial charge in [0.1, 0.15) is 0 Å². The van der Waals surface area contributed by atoms with E-state index in [-0.39, 0.29) is 17.0 Å². The maximum absolute atomic E-state index is 11.8. The lowest BCUT2D eigenvalue weighted by Gasteiger charge is -2.12. The first kappa shape index (κ1) is 20.3. The fourth-order valence-electron chi connectivity index (χ4n) is 2.70. The summed E-state index contributed by atoms with van der Waals surface area (Å²) in [5.41, 5.74) is -0.129. The Morgan fingerprint density at radius 1 is 1.19 bits per heavy atom. The lowest BCUT2D eigenvalue weighted by atomic mass is 10.0. The van der Waals surface area contributed by atoms with Crippen molar-refractivity contribution in [2.45, 2.75) is 45.4 Å². The molecule has 144 valence electrons. The van der Waals surface area contributed by atoms with E-state index in [2.05, 4.69) is 12.2 Å². The number of piperidine rings is 1. The van der Waals surface area contributed by atoms with Crippen LogP contribution in [-0.2, 0) is 14.4 Å². The molecule has 0 aliphatic carbocycles. The van der Waals surface area contributed by atoms with Gasteiger partial charge in [-0.1, -0.05) is 38.7 Å². The highest BCUT2D eigenvalue weighted by molar-refractivity contribution is 6.32. The van der Waals surface area contributed by atoms with E-state index >= 15 is 0 Å². The largest absolute Gasteiger partial charge is 0.487 e. The van der Waals surface area contributed by atoms with Gasteiger partial charge in [0, 0.05) is 6.07 Å². The van der Waals surface area contributed by atoms with E-state index < -0.39 is 28.9 Å². The molecule has 0 bridgehead atoms. The highest BCUT2D eigenvalue weighted by Crippen LogP contribution is 2.29. The van der Waals surface area contributed by atoms with E-state index in [9.17, 15) is 24.5 Å². The number of imide groups is 1. The van der Waals surface area contributed by atoms with Crippen LogP contribution in [0.3, 0.4) is 0 Å². The van der Waals surface area contributed by atoms with Gasteiger partial charge in [0.25, 0.3) is 5.91 Å². The number of amides is 2. The lowest BCUT2D eigenvalue weighted by molar-refractivity contribution is -0.385. The summed E-state index contributed by atoms with van der Waals surface area (Å²) in [5, 5.41) is 13.4. The van der Waals surface area contributed by atoms with Crippen LogP contribution in [0, 0.1) is 10.1 Å². The highest BCUT2D eigenvalue weighted by atomic mass is 16.6. The number of nitro groups is 1. The Balaban J connectivity index is 2.12. The van der Waals surface area contributed by atoms with E-state index in [0.29, 0.717) is 12.2 Å². The van der Waals surface area contributed by atoms with E-state index in [4.69, 9.17) is 4.74 Å². The van der Waals surface area contributed by atoms with Crippen molar-refractivity contribution in [1.82, 2.24) is 5.32 Å². The van der Waals surface area contributed by atoms with Crippen LogP contribution in [0.1, 0.15) is 51.0 Å². The Morgan fingerprint density at radius 3 is 2.59 bits per heavy atom. The van der Waals surface area contributed by atoms with Crippen molar-refractivity contribution in [3.05, 3.63) is 39.4 Å². The monoisotopic (exact) mass is 374 g/mol. The Hall–Kier alpha value is -3.03. The third kappa shape index (κ3) is 5.73. The van der Waals surface area contributed by atoms with Crippen molar-refractivity contribution >= 4 is 29.4 Å². The van der Waals surface area contributed by atoms with Crippen LogP contribution in [0.5, 0.6) is 5.75 Å². The molecule has 0 aromatic heterocycles. The average molecular weight is 374 g/mol. The van der Waals surface area contributed by atoms with Crippen molar-refractivity contribution in [2.75, 3.05) is 6.61 Å². The molecule has 0 unspecified atom stereocenters. The van der Waals surface area contributed by atoms with E-state index in [0.717, 1.165) is 32.1 Å². The van der Waals surface area contributed by atoms with Gasteiger partial charge in [-0.2, -0.15) is 0 Å². The Morgan fingerprint density at radius 2 is 1.93 bits per heavy atom. The van der Waals surface area contributed by atoms with Crippen LogP contribution in [0.25, 0.3) is 6.08 Å². The second-order valence-corrected chi connectivity index (χ2v) is 6.28. The molecule has 1 N–H and O–H groups in total. The molecule has 27 heavy (non-hydrogen) atoms. The first-order valence-corrected chi connectivity index (χ1v) is 8.92. The number of ketones is 1. The first-order chi connectivity index (χ1) is 12.9. The number of nitrogens with one attached hydrogen (secondary N) is 1. The zero-order chi connectivity index (χ0) is 19.8. The maximum Gasteiger partial charge on any atom is 0.311 e. The fourth-order valence-corrected chi connectivity index (χ4v) is 2.70. The van der Waals surface area contributed by atoms with Gasteiger partial charge >= 0.3 is 5.69 Å². The number of nitrogens with zero attached hydrogens (tertiary/aromatic N) is 1. The van der Waals surface area contributed by atoms with Crippen molar-refractivity contribution in [2.24, 2.45) is 0 Å². The molecular formula is C19H22N2O6. The number of Topliss-reactive ketones (excluding diaryl/α,β-unsaturated/α-hetero) is 1. The van der Waals surface area contributed by atoms with Crippen molar-refractivity contribution in [3.8, 4) is 5.75 Å². The highest BCUT2D eigenvalue weighted by Gasteiger charge is 2.28. The molecule has 1 saturated heterocycles. The molecule has 2 amide bonds. The van der Waals surface area contributed by atoms with Gasteiger partial charge < -0.3 is 4.74 Å². The molecule has 8 nitrogen and oxygen atoms in total. The number of hydrogen-bond donors (Lipinski definition) is 1. The lowest BCUT2D eigenvalue weighted by Crippen LogP contribution is -2.40.